The Balaban J connectivity index is 1.71. The molecule has 1 aliphatic heterocycles. The summed E-state index contributed by atoms with van der Waals surface area (Å²) in [5.41, 5.74) is 5.73. The van der Waals surface area contributed by atoms with E-state index in [2.05, 4.69) is 28.8 Å². The van der Waals surface area contributed by atoms with Gasteiger partial charge in [-0.2, -0.15) is 0 Å². The van der Waals surface area contributed by atoms with Gasteiger partial charge in [0.15, 0.2) is 0 Å². The molecule has 0 spiro atoms. The second kappa shape index (κ2) is 8.11. The zero-order chi connectivity index (χ0) is 15.2. The molecule has 1 saturated carbocycles. The third-order valence-electron chi connectivity index (χ3n) is 5.08. The maximum atomic E-state index is 12.6. The molecule has 1 amide bonds. The van der Waals surface area contributed by atoms with Crippen molar-refractivity contribution in [2.75, 3.05) is 59.9 Å². The lowest BCUT2D eigenvalue weighted by atomic mass is 9.81. The van der Waals surface area contributed by atoms with Gasteiger partial charge in [0.25, 0.3) is 0 Å². The van der Waals surface area contributed by atoms with Crippen LogP contribution in [0.25, 0.3) is 0 Å². The maximum absolute atomic E-state index is 12.6. The van der Waals surface area contributed by atoms with E-state index < -0.39 is 0 Å². The molecule has 2 rings (SSSR count). The van der Waals surface area contributed by atoms with Crippen molar-refractivity contribution in [1.29, 1.82) is 0 Å². The molecule has 1 aliphatic carbocycles. The summed E-state index contributed by atoms with van der Waals surface area (Å²) in [5, 5.41) is 0. The second-order valence-electron chi connectivity index (χ2n) is 6.92. The van der Waals surface area contributed by atoms with Crippen molar-refractivity contribution in [3.8, 4) is 0 Å². The van der Waals surface area contributed by atoms with Crippen LogP contribution in [0.3, 0.4) is 0 Å². The van der Waals surface area contributed by atoms with Crippen LogP contribution in [-0.2, 0) is 4.79 Å². The quantitative estimate of drug-likeness (QED) is 0.801. The first kappa shape index (κ1) is 16.7. The molecule has 0 aromatic carbocycles. The van der Waals surface area contributed by atoms with E-state index >= 15 is 0 Å². The van der Waals surface area contributed by atoms with Gasteiger partial charge in [-0.25, -0.2) is 0 Å². The number of rotatable bonds is 5. The SMILES string of the molecule is CN(C)CCN1CCN(C(=O)C2CCC(CN)CC2)CC1. The summed E-state index contributed by atoms with van der Waals surface area (Å²) in [7, 11) is 4.22. The van der Waals surface area contributed by atoms with Crippen LogP contribution < -0.4 is 5.73 Å². The molecule has 0 aromatic rings. The molecule has 21 heavy (non-hydrogen) atoms. The van der Waals surface area contributed by atoms with E-state index in [1.54, 1.807) is 0 Å². The smallest absolute Gasteiger partial charge is 0.225 e. The first-order valence-electron chi connectivity index (χ1n) is 8.46. The standard InChI is InChI=1S/C16H32N4O/c1-18(2)7-8-19-9-11-20(12-10-19)16(21)15-5-3-14(13-17)4-6-15/h14-15H,3-13,17H2,1-2H3. The predicted molar refractivity (Wildman–Crippen MR) is 86.1 cm³/mol. The third-order valence-corrected chi connectivity index (χ3v) is 5.08. The number of nitrogens with zero attached hydrogens (tertiary/aromatic N) is 3. The molecule has 0 aromatic heterocycles. The van der Waals surface area contributed by atoms with Crippen LogP contribution in [0.2, 0.25) is 0 Å². The topological polar surface area (TPSA) is 52.8 Å². The summed E-state index contributed by atoms with van der Waals surface area (Å²) in [5.74, 6) is 1.32. The zero-order valence-electron chi connectivity index (χ0n) is 13.8. The van der Waals surface area contributed by atoms with E-state index in [-0.39, 0.29) is 5.92 Å². The molecule has 1 saturated heterocycles. The van der Waals surface area contributed by atoms with E-state index in [1.807, 2.05) is 0 Å². The molecule has 2 N–H and O–H groups in total. The van der Waals surface area contributed by atoms with E-state index in [0.29, 0.717) is 11.8 Å². The van der Waals surface area contributed by atoms with Crippen molar-refractivity contribution in [2.45, 2.75) is 25.7 Å². The minimum atomic E-state index is 0.265. The highest BCUT2D eigenvalue weighted by atomic mass is 16.2. The number of hydrogen-bond acceptors (Lipinski definition) is 4. The van der Waals surface area contributed by atoms with Crippen molar-refractivity contribution in [1.82, 2.24) is 14.7 Å². The van der Waals surface area contributed by atoms with Gasteiger partial charge in [0.1, 0.15) is 0 Å². The van der Waals surface area contributed by atoms with Crippen LogP contribution in [0.5, 0.6) is 0 Å². The molecule has 5 heteroatoms. The van der Waals surface area contributed by atoms with Crippen LogP contribution in [0.15, 0.2) is 0 Å². The van der Waals surface area contributed by atoms with Gasteiger partial charge in [0.2, 0.25) is 5.91 Å². The predicted octanol–water partition coefficient (Wildman–Crippen LogP) is 0.457. The summed E-state index contributed by atoms with van der Waals surface area (Å²) in [6.07, 6.45) is 4.36. The highest BCUT2D eigenvalue weighted by Gasteiger charge is 2.30. The zero-order valence-corrected chi connectivity index (χ0v) is 13.8. The van der Waals surface area contributed by atoms with Gasteiger partial charge >= 0.3 is 0 Å². The van der Waals surface area contributed by atoms with Gasteiger partial charge < -0.3 is 15.5 Å². The van der Waals surface area contributed by atoms with Crippen molar-refractivity contribution >= 4 is 5.91 Å². The minimum Gasteiger partial charge on any atom is -0.340 e. The van der Waals surface area contributed by atoms with E-state index in [4.69, 9.17) is 5.73 Å². The first-order chi connectivity index (χ1) is 10.1. The van der Waals surface area contributed by atoms with Gasteiger partial charge in [0.05, 0.1) is 0 Å². The van der Waals surface area contributed by atoms with Crippen LogP contribution in [0.1, 0.15) is 25.7 Å². The highest BCUT2D eigenvalue weighted by Crippen LogP contribution is 2.29. The third kappa shape index (κ3) is 4.94. The Kier molecular flexibility index (Phi) is 6.45. The Morgan fingerprint density at radius 2 is 1.71 bits per heavy atom. The summed E-state index contributed by atoms with van der Waals surface area (Å²) in [6, 6.07) is 0. The Bertz CT molecular complexity index is 318. The van der Waals surface area contributed by atoms with Gasteiger partial charge in [0, 0.05) is 45.2 Å². The highest BCUT2D eigenvalue weighted by molar-refractivity contribution is 5.79. The number of amides is 1. The molecule has 0 unspecified atom stereocenters. The fourth-order valence-corrected chi connectivity index (χ4v) is 3.44. The summed E-state index contributed by atoms with van der Waals surface area (Å²) in [6.45, 7) is 6.85. The fourth-order valence-electron chi connectivity index (χ4n) is 3.44. The van der Waals surface area contributed by atoms with E-state index in [0.717, 1.165) is 71.5 Å². The average Bonchev–Trinajstić information content (AvgIpc) is 2.53. The summed E-state index contributed by atoms with van der Waals surface area (Å²) >= 11 is 0. The Morgan fingerprint density at radius 3 is 2.24 bits per heavy atom. The number of piperazine rings is 1. The monoisotopic (exact) mass is 296 g/mol. The van der Waals surface area contributed by atoms with Crippen molar-refractivity contribution in [2.24, 2.45) is 17.6 Å². The number of carbonyl (C=O) groups is 1. The molecule has 0 atom stereocenters. The van der Waals surface area contributed by atoms with Crippen LogP contribution in [0, 0.1) is 11.8 Å². The number of hydrogen-bond donors (Lipinski definition) is 1. The van der Waals surface area contributed by atoms with E-state index in [9.17, 15) is 4.79 Å². The fraction of sp³-hybridized carbons (Fsp3) is 0.938. The van der Waals surface area contributed by atoms with Crippen molar-refractivity contribution < 1.29 is 4.79 Å². The van der Waals surface area contributed by atoms with Crippen LogP contribution in [0.4, 0.5) is 0 Å². The van der Waals surface area contributed by atoms with Gasteiger partial charge in [-0.15, -0.1) is 0 Å². The second-order valence-corrected chi connectivity index (χ2v) is 6.92. The lowest BCUT2D eigenvalue weighted by Crippen LogP contribution is -2.51. The molecule has 0 radical (unpaired) electrons. The molecule has 0 bridgehead atoms. The summed E-state index contributed by atoms with van der Waals surface area (Å²) in [4.78, 5) is 19.4. The molecule has 122 valence electrons. The van der Waals surface area contributed by atoms with Gasteiger partial charge in [-0.05, 0) is 52.2 Å². The average molecular weight is 296 g/mol. The van der Waals surface area contributed by atoms with E-state index in [1.165, 1.54) is 0 Å². The lowest BCUT2D eigenvalue weighted by Gasteiger charge is -2.38. The molecular weight excluding hydrogens is 264 g/mol. The van der Waals surface area contributed by atoms with Crippen molar-refractivity contribution in [3.05, 3.63) is 0 Å². The lowest BCUT2D eigenvalue weighted by molar-refractivity contribution is -0.138. The Hall–Kier alpha value is -0.650. The van der Waals surface area contributed by atoms with Crippen molar-refractivity contribution in [3.63, 3.8) is 0 Å². The Morgan fingerprint density at radius 1 is 1.10 bits per heavy atom. The molecular formula is C16H32N4O. The molecule has 5 nitrogen and oxygen atoms in total. The van der Waals surface area contributed by atoms with Gasteiger partial charge in [-0.1, -0.05) is 0 Å². The van der Waals surface area contributed by atoms with Crippen LogP contribution in [-0.4, -0.2) is 80.5 Å². The maximum Gasteiger partial charge on any atom is 0.225 e. The summed E-state index contributed by atoms with van der Waals surface area (Å²) < 4.78 is 0. The largest absolute Gasteiger partial charge is 0.340 e. The normalized spacial score (nSPS) is 28.1. The van der Waals surface area contributed by atoms with Crippen LogP contribution >= 0.6 is 0 Å². The number of nitrogens with two attached hydrogens (primary N) is 1. The molecule has 1 heterocycles. The Labute approximate surface area is 129 Å². The molecule has 2 fully saturated rings. The number of likely N-dealkylation sites (N-methyl/N-ethyl adjacent to an activating group) is 1. The first-order valence-corrected chi connectivity index (χ1v) is 8.46. The minimum absolute atomic E-state index is 0.265. The number of carbonyl (C=O) groups excluding carboxylic acids is 1. The van der Waals surface area contributed by atoms with Gasteiger partial charge in [-0.3, -0.25) is 9.69 Å². The molecule has 2 aliphatic rings.